The molecule has 0 aliphatic carbocycles. The van der Waals surface area contributed by atoms with Crippen LogP contribution in [0.25, 0.3) is 65.9 Å². The first kappa shape index (κ1) is 26.7. The third-order valence-electron chi connectivity index (χ3n) is 9.19. The van der Waals surface area contributed by atoms with Gasteiger partial charge in [-0.1, -0.05) is 103 Å². The maximum atomic E-state index is 6.61. The lowest BCUT2D eigenvalue weighted by atomic mass is 9.96. The Morgan fingerprint density at radius 2 is 1.27 bits per heavy atom. The van der Waals surface area contributed by atoms with Crippen LogP contribution in [0.2, 0.25) is 0 Å². The van der Waals surface area contributed by atoms with Crippen molar-refractivity contribution in [1.82, 2.24) is 10.3 Å². The van der Waals surface area contributed by atoms with E-state index in [1.807, 2.05) is 54.7 Å². The number of rotatable bonds is 4. The number of nitrogens with one attached hydrogen (secondary N) is 1. The largest absolute Gasteiger partial charge is 0.456 e. The average molecular weight is 619 g/mol. The summed E-state index contributed by atoms with van der Waals surface area (Å²) in [7, 11) is 0. The van der Waals surface area contributed by atoms with E-state index >= 15 is 0 Å². The van der Waals surface area contributed by atoms with E-state index in [-0.39, 0.29) is 0 Å². The number of hydrogen-bond acceptors (Lipinski definition) is 6. The van der Waals surface area contributed by atoms with Gasteiger partial charge in [0.1, 0.15) is 33.9 Å². The molecule has 1 aliphatic heterocycles. The van der Waals surface area contributed by atoms with Gasteiger partial charge in [-0.3, -0.25) is 4.98 Å². The van der Waals surface area contributed by atoms with Gasteiger partial charge in [0, 0.05) is 39.2 Å². The first-order valence-electron chi connectivity index (χ1n) is 16.0. The van der Waals surface area contributed by atoms with E-state index in [1.54, 1.807) is 0 Å². The van der Waals surface area contributed by atoms with E-state index in [4.69, 9.17) is 23.8 Å². The number of benzene rings is 6. The van der Waals surface area contributed by atoms with Crippen LogP contribution >= 0.6 is 0 Å². The quantitative estimate of drug-likeness (QED) is 0.213. The highest BCUT2D eigenvalue weighted by Gasteiger charge is 2.27. The molecule has 1 unspecified atom stereocenters. The van der Waals surface area contributed by atoms with Crippen LogP contribution in [0, 0.1) is 0 Å². The molecule has 4 heterocycles. The summed E-state index contributed by atoms with van der Waals surface area (Å²) < 4.78 is 13.1. The Labute approximate surface area is 274 Å². The van der Waals surface area contributed by atoms with Gasteiger partial charge in [-0.05, 0) is 52.7 Å². The van der Waals surface area contributed by atoms with Gasteiger partial charge in [0.2, 0.25) is 0 Å². The molecule has 226 valence electrons. The molecule has 6 nitrogen and oxygen atoms in total. The normalized spacial score (nSPS) is 14.9. The summed E-state index contributed by atoms with van der Waals surface area (Å²) in [5.41, 5.74) is 8.72. The minimum absolute atomic E-state index is 0.554. The molecule has 48 heavy (non-hydrogen) atoms. The van der Waals surface area contributed by atoms with Crippen molar-refractivity contribution in [3.8, 4) is 11.1 Å². The summed E-state index contributed by atoms with van der Waals surface area (Å²) in [6, 6.07) is 47.5. The summed E-state index contributed by atoms with van der Waals surface area (Å²) >= 11 is 0. The number of furan rings is 2. The fraction of sp³-hybridized carbons (Fsp3) is 0.0238. The van der Waals surface area contributed by atoms with Crippen LogP contribution in [0.4, 0.5) is 0 Å². The number of aromatic nitrogens is 1. The lowest BCUT2D eigenvalue weighted by molar-refractivity contribution is 0.649. The van der Waals surface area contributed by atoms with Crippen LogP contribution in [0.3, 0.4) is 0 Å². The predicted molar refractivity (Wildman–Crippen MR) is 194 cm³/mol. The lowest BCUT2D eigenvalue weighted by Gasteiger charge is -2.23. The van der Waals surface area contributed by atoms with Crippen molar-refractivity contribution in [3.05, 3.63) is 162 Å². The Bertz CT molecular complexity index is 2770. The first-order valence-corrected chi connectivity index (χ1v) is 16.0. The zero-order chi connectivity index (χ0) is 31.6. The Morgan fingerprint density at radius 3 is 2.21 bits per heavy atom. The van der Waals surface area contributed by atoms with E-state index in [2.05, 4.69) is 96.3 Å². The third-order valence-corrected chi connectivity index (χ3v) is 9.19. The van der Waals surface area contributed by atoms with E-state index in [0.29, 0.717) is 5.84 Å². The van der Waals surface area contributed by atoms with Gasteiger partial charge in [-0.15, -0.1) is 0 Å². The summed E-state index contributed by atoms with van der Waals surface area (Å²) in [6.07, 6.45) is 1.25. The van der Waals surface area contributed by atoms with Gasteiger partial charge in [-0.25, -0.2) is 9.98 Å². The maximum absolute atomic E-state index is 6.61. The SMILES string of the molecule is c1ccc(C2=NC(c3cccc4c3oc3ccccc34)N=C(c3ccc(-c4ccc5ccccc5c4)c4oc5cccnc5c34)N2)cc1. The van der Waals surface area contributed by atoms with E-state index in [1.165, 1.54) is 10.8 Å². The molecular formula is C42H26N4O2. The van der Waals surface area contributed by atoms with Gasteiger partial charge < -0.3 is 14.2 Å². The Hall–Kier alpha value is -6.53. The second kappa shape index (κ2) is 10.5. The minimum atomic E-state index is -0.554. The van der Waals surface area contributed by atoms with Gasteiger partial charge >= 0.3 is 0 Å². The molecular weight excluding hydrogens is 592 g/mol. The molecule has 3 aromatic heterocycles. The van der Waals surface area contributed by atoms with Gasteiger partial charge in [0.05, 0.1) is 5.39 Å². The molecule has 1 aliphatic rings. The molecule has 0 fully saturated rings. The van der Waals surface area contributed by atoms with E-state index in [0.717, 1.165) is 77.7 Å². The van der Waals surface area contributed by atoms with Crippen LogP contribution in [0.1, 0.15) is 22.9 Å². The Morgan fingerprint density at radius 1 is 0.521 bits per heavy atom. The van der Waals surface area contributed by atoms with E-state index in [9.17, 15) is 0 Å². The zero-order valence-electron chi connectivity index (χ0n) is 25.6. The smallest absolute Gasteiger partial charge is 0.173 e. The molecule has 1 N–H and O–H groups in total. The van der Waals surface area contributed by atoms with Crippen molar-refractivity contribution in [2.75, 3.05) is 0 Å². The monoisotopic (exact) mass is 618 g/mol. The van der Waals surface area contributed by atoms with Crippen molar-refractivity contribution in [2.45, 2.75) is 6.17 Å². The van der Waals surface area contributed by atoms with Crippen LogP contribution in [0.15, 0.2) is 165 Å². The fourth-order valence-corrected chi connectivity index (χ4v) is 6.92. The van der Waals surface area contributed by atoms with Crippen molar-refractivity contribution < 1.29 is 8.83 Å². The number of pyridine rings is 1. The molecule has 0 spiro atoms. The van der Waals surface area contributed by atoms with Crippen molar-refractivity contribution in [3.63, 3.8) is 0 Å². The highest BCUT2D eigenvalue weighted by atomic mass is 16.3. The number of aliphatic imine (C=N–C) groups is 2. The van der Waals surface area contributed by atoms with Gasteiger partial charge in [0.15, 0.2) is 11.7 Å². The fourth-order valence-electron chi connectivity index (χ4n) is 6.92. The number of para-hydroxylation sites is 2. The number of hydrogen-bond donors (Lipinski definition) is 1. The van der Waals surface area contributed by atoms with Crippen molar-refractivity contribution in [1.29, 1.82) is 0 Å². The molecule has 0 bridgehead atoms. The predicted octanol–water partition coefficient (Wildman–Crippen LogP) is 10.2. The topological polar surface area (TPSA) is 75.9 Å². The third kappa shape index (κ3) is 4.16. The van der Waals surface area contributed by atoms with Gasteiger partial charge in [-0.2, -0.15) is 0 Å². The molecule has 6 aromatic carbocycles. The number of amidine groups is 2. The summed E-state index contributed by atoms with van der Waals surface area (Å²) in [4.78, 5) is 15.3. The highest BCUT2D eigenvalue weighted by molar-refractivity contribution is 6.24. The average Bonchev–Trinajstić information content (AvgIpc) is 3.74. The van der Waals surface area contributed by atoms with Crippen LogP contribution in [-0.4, -0.2) is 16.7 Å². The standard InChI is InChI=1S/C42H26N4O2/c1-2-11-26(12-3-1)40-44-41(46-42(45-40)33-16-8-15-31-30-14-6-7-17-34(30)47-38(31)33)32-22-21-29(28-20-19-25-10-4-5-13-27(25)24-28)39-36(32)37-35(48-39)18-9-23-43-37/h1-24,42H,(H,44,45,46). The Balaban J connectivity index is 1.20. The second-order valence-electron chi connectivity index (χ2n) is 12.0. The molecule has 9 aromatic rings. The lowest BCUT2D eigenvalue weighted by Crippen LogP contribution is -2.36. The van der Waals surface area contributed by atoms with Crippen LogP contribution in [0.5, 0.6) is 0 Å². The summed E-state index contributed by atoms with van der Waals surface area (Å²) in [5.74, 6) is 1.41. The van der Waals surface area contributed by atoms with Crippen molar-refractivity contribution in [2.24, 2.45) is 9.98 Å². The molecule has 10 rings (SSSR count). The molecule has 0 saturated carbocycles. The minimum Gasteiger partial charge on any atom is -0.456 e. The van der Waals surface area contributed by atoms with Gasteiger partial charge in [0.25, 0.3) is 0 Å². The number of fused-ring (bicyclic) bond motifs is 7. The number of nitrogens with zero attached hydrogens (tertiary/aromatic N) is 3. The highest BCUT2D eigenvalue weighted by Crippen LogP contribution is 2.40. The summed E-state index contributed by atoms with van der Waals surface area (Å²) in [6.45, 7) is 0. The molecule has 0 saturated heterocycles. The van der Waals surface area contributed by atoms with Crippen LogP contribution < -0.4 is 5.32 Å². The molecule has 0 amide bonds. The zero-order valence-corrected chi connectivity index (χ0v) is 25.6. The maximum Gasteiger partial charge on any atom is 0.173 e. The molecule has 6 heteroatoms. The van der Waals surface area contributed by atoms with E-state index < -0.39 is 6.17 Å². The Kier molecular flexibility index (Phi) is 5.84. The molecule has 1 atom stereocenters. The summed E-state index contributed by atoms with van der Waals surface area (Å²) in [5, 5.41) is 8.97. The first-order chi connectivity index (χ1) is 23.8. The second-order valence-corrected chi connectivity index (χ2v) is 12.0. The van der Waals surface area contributed by atoms with Crippen molar-refractivity contribution >= 4 is 66.5 Å². The molecule has 0 radical (unpaired) electrons. The van der Waals surface area contributed by atoms with Crippen LogP contribution in [-0.2, 0) is 0 Å².